The van der Waals surface area contributed by atoms with Gasteiger partial charge in [-0.25, -0.2) is 4.39 Å². The average molecular weight is 417 g/mol. The molecule has 5 rings (SSSR count). The lowest BCUT2D eigenvalue weighted by atomic mass is 9.91. The second-order valence-electron chi connectivity index (χ2n) is 7.49. The van der Waals surface area contributed by atoms with Crippen LogP contribution in [0.3, 0.4) is 0 Å². The van der Waals surface area contributed by atoms with Crippen molar-refractivity contribution in [3.05, 3.63) is 101 Å². The van der Waals surface area contributed by atoms with Gasteiger partial charge in [0.15, 0.2) is 0 Å². The van der Waals surface area contributed by atoms with Crippen LogP contribution in [-0.2, 0) is 6.42 Å². The molecule has 0 saturated carbocycles. The molecule has 0 aliphatic carbocycles. The summed E-state index contributed by atoms with van der Waals surface area (Å²) in [6, 6.07) is 22.3. The van der Waals surface area contributed by atoms with Crippen LogP contribution in [0.1, 0.15) is 33.2 Å². The average Bonchev–Trinajstić information content (AvgIpc) is 3.17. The Hall–Kier alpha value is -3.05. The van der Waals surface area contributed by atoms with Gasteiger partial charge in [-0.3, -0.25) is 4.79 Å². The zero-order valence-corrected chi connectivity index (χ0v) is 17.4. The fraction of sp³-hybridized carbons (Fsp3) is 0.160. The molecule has 0 radical (unpaired) electrons. The molecule has 4 aromatic rings. The first-order valence-electron chi connectivity index (χ1n) is 9.95. The van der Waals surface area contributed by atoms with Crippen molar-refractivity contribution >= 4 is 28.6 Å². The lowest BCUT2D eigenvalue weighted by Crippen LogP contribution is -2.40. The molecule has 2 heterocycles. The lowest BCUT2D eigenvalue weighted by Gasteiger charge is -2.36. The third-order valence-corrected chi connectivity index (χ3v) is 6.56. The van der Waals surface area contributed by atoms with E-state index < -0.39 is 0 Å². The van der Waals surface area contributed by atoms with Crippen molar-refractivity contribution in [2.45, 2.75) is 17.4 Å². The number of hydrogen-bond donors (Lipinski definition) is 1. The Morgan fingerprint density at radius 3 is 2.50 bits per heavy atom. The maximum absolute atomic E-state index is 13.4. The third kappa shape index (κ3) is 3.19. The van der Waals surface area contributed by atoms with Crippen LogP contribution < -0.4 is 0 Å². The topological polar surface area (TPSA) is 36.1 Å². The van der Waals surface area contributed by atoms with Gasteiger partial charge in [0.2, 0.25) is 0 Å². The zero-order chi connectivity index (χ0) is 20.7. The van der Waals surface area contributed by atoms with Crippen LogP contribution >= 0.6 is 11.8 Å². The number of carbonyl (C=O) groups excluding carboxylic acids is 1. The van der Waals surface area contributed by atoms with E-state index in [1.807, 2.05) is 11.0 Å². The molecule has 0 spiro atoms. The highest BCUT2D eigenvalue weighted by Gasteiger charge is 2.34. The maximum Gasteiger partial charge on any atom is 0.254 e. The summed E-state index contributed by atoms with van der Waals surface area (Å²) in [6.45, 7) is 0.611. The molecule has 5 heteroatoms. The van der Waals surface area contributed by atoms with E-state index in [2.05, 4.69) is 53.7 Å². The Balaban J connectivity index is 1.64. The molecule has 1 amide bonds. The molecule has 0 fully saturated rings. The summed E-state index contributed by atoms with van der Waals surface area (Å²) in [5.74, 6) is -0.425. The fourth-order valence-corrected chi connectivity index (χ4v) is 4.76. The summed E-state index contributed by atoms with van der Waals surface area (Å²) >= 11 is 1.70. The minimum atomic E-state index is -0.340. The summed E-state index contributed by atoms with van der Waals surface area (Å²) in [6.07, 6.45) is 2.83. The molecule has 1 aromatic heterocycles. The van der Waals surface area contributed by atoms with Gasteiger partial charge in [0.1, 0.15) is 5.82 Å². The van der Waals surface area contributed by atoms with Crippen molar-refractivity contribution in [1.82, 2.24) is 9.88 Å². The Labute approximate surface area is 178 Å². The molecule has 1 aliphatic heterocycles. The Morgan fingerprint density at radius 2 is 1.77 bits per heavy atom. The lowest BCUT2D eigenvalue weighted by molar-refractivity contribution is 0.0692. The molecule has 1 aliphatic rings. The number of para-hydroxylation sites is 1. The van der Waals surface area contributed by atoms with Gasteiger partial charge in [-0.05, 0) is 66.3 Å². The molecular formula is C25H21FN2OS. The van der Waals surface area contributed by atoms with E-state index in [0.29, 0.717) is 12.1 Å². The number of thioether (sulfide) groups is 1. The number of amides is 1. The SMILES string of the molecule is CSc1ccc([C@H]2c3[nH]c4ccccc4c3CCN2C(=O)c2ccc(F)cc2)cc1. The summed E-state index contributed by atoms with van der Waals surface area (Å²) in [7, 11) is 0. The normalized spacial score (nSPS) is 15.9. The second-order valence-corrected chi connectivity index (χ2v) is 8.37. The number of nitrogens with one attached hydrogen (secondary N) is 1. The number of nitrogens with zero attached hydrogens (tertiary/aromatic N) is 1. The van der Waals surface area contributed by atoms with E-state index in [1.165, 1.54) is 28.0 Å². The minimum Gasteiger partial charge on any atom is -0.356 e. The van der Waals surface area contributed by atoms with Gasteiger partial charge in [0.05, 0.1) is 6.04 Å². The molecule has 3 aromatic carbocycles. The summed E-state index contributed by atoms with van der Waals surface area (Å²) in [5, 5.41) is 1.21. The van der Waals surface area contributed by atoms with Crippen LogP contribution in [0.25, 0.3) is 10.9 Å². The van der Waals surface area contributed by atoms with Gasteiger partial charge in [0, 0.05) is 33.6 Å². The molecular weight excluding hydrogens is 395 g/mol. The van der Waals surface area contributed by atoms with Crippen molar-refractivity contribution in [2.75, 3.05) is 12.8 Å². The summed E-state index contributed by atoms with van der Waals surface area (Å²) in [5.41, 5.74) is 4.99. The van der Waals surface area contributed by atoms with Crippen molar-refractivity contribution in [2.24, 2.45) is 0 Å². The van der Waals surface area contributed by atoms with Crippen LogP contribution in [0.4, 0.5) is 4.39 Å². The predicted octanol–water partition coefficient (Wildman–Crippen LogP) is 5.82. The van der Waals surface area contributed by atoms with Gasteiger partial charge in [-0.15, -0.1) is 11.8 Å². The molecule has 0 bridgehead atoms. The van der Waals surface area contributed by atoms with Gasteiger partial charge in [0.25, 0.3) is 5.91 Å². The zero-order valence-electron chi connectivity index (χ0n) is 16.6. The number of fused-ring (bicyclic) bond motifs is 3. The van der Waals surface area contributed by atoms with Crippen LogP contribution in [0.15, 0.2) is 77.7 Å². The van der Waals surface area contributed by atoms with Gasteiger partial charge < -0.3 is 9.88 Å². The van der Waals surface area contributed by atoms with Crippen molar-refractivity contribution < 1.29 is 9.18 Å². The first-order valence-corrected chi connectivity index (χ1v) is 11.2. The highest BCUT2D eigenvalue weighted by molar-refractivity contribution is 7.98. The maximum atomic E-state index is 13.4. The number of benzene rings is 3. The largest absolute Gasteiger partial charge is 0.356 e. The second kappa shape index (κ2) is 7.65. The number of carbonyl (C=O) groups is 1. The van der Waals surface area contributed by atoms with E-state index >= 15 is 0 Å². The molecule has 3 nitrogen and oxygen atoms in total. The quantitative estimate of drug-likeness (QED) is 0.428. The monoisotopic (exact) mass is 416 g/mol. The van der Waals surface area contributed by atoms with E-state index in [1.54, 1.807) is 23.9 Å². The van der Waals surface area contributed by atoms with E-state index in [-0.39, 0.29) is 17.8 Å². The minimum absolute atomic E-state index is 0.0850. The molecule has 150 valence electrons. The number of rotatable bonds is 3. The van der Waals surface area contributed by atoms with Crippen LogP contribution in [0, 0.1) is 5.82 Å². The molecule has 1 atom stereocenters. The van der Waals surface area contributed by atoms with Crippen LogP contribution in [0.5, 0.6) is 0 Å². The van der Waals surface area contributed by atoms with E-state index in [4.69, 9.17) is 0 Å². The summed E-state index contributed by atoms with van der Waals surface area (Å²) < 4.78 is 13.4. The Bertz CT molecular complexity index is 1210. The van der Waals surface area contributed by atoms with E-state index in [0.717, 1.165) is 23.2 Å². The molecule has 0 saturated heterocycles. The Kier molecular flexibility index (Phi) is 4.83. The standard InChI is InChI=1S/C25H21FN2OS/c1-30-19-12-8-16(9-13-19)24-23-21(20-4-2-3-5-22(20)27-23)14-15-28(24)25(29)17-6-10-18(26)11-7-17/h2-13,24,27H,14-15H2,1H3/t24-/m0/s1. The first kappa shape index (κ1) is 18.9. The van der Waals surface area contributed by atoms with E-state index in [9.17, 15) is 9.18 Å². The summed E-state index contributed by atoms with van der Waals surface area (Å²) in [4.78, 5) is 20.1. The first-order chi connectivity index (χ1) is 14.7. The number of aromatic nitrogens is 1. The molecule has 1 N–H and O–H groups in total. The van der Waals surface area contributed by atoms with Crippen molar-refractivity contribution in [3.63, 3.8) is 0 Å². The number of hydrogen-bond acceptors (Lipinski definition) is 2. The van der Waals surface area contributed by atoms with Crippen LogP contribution in [-0.4, -0.2) is 28.6 Å². The van der Waals surface area contributed by atoms with Gasteiger partial charge in [-0.1, -0.05) is 30.3 Å². The Morgan fingerprint density at radius 1 is 1.03 bits per heavy atom. The van der Waals surface area contributed by atoms with Gasteiger partial charge >= 0.3 is 0 Å². The molecule has 30 heavy (non-hydrogen) atoms. The van der Waals surface area contributed by atoms with Gasteiger partial charge in [-0.2, -0.15) is 0 Å². The van der Waals surface area contributed by atoms with Crippen molar-refractivity contribution in [3.8, 4) is 0 Å². The molecule has 0 unspecified atom stereocenters. The third-order valence-electron chi connectivity index (χ3n) is 5.82. The number of halogens is 1. The highest BCUT2D eigenvalue weighted by atomic mass is 32.2. The number of aromatic amines is 1. The highest BCUT2D eigenvalue weighted by Crippen LogP contribution is 2.39. The number of H-pyrrole nitrogens is 1. The van der Waals surface area contributed by atoms with Crippen LogP contribution in [0.2, 0.25) is 0 Å². The predicted molar refractivity (Wildman–Crippen MR) is 120 cm³/mol. The van der Waals surface area contributed by atoms with Crippen molar-refractivity contribution in [1.29, 1.82) is 0 Å². The fourth-order valence-electron chi connectivity index (χ4n) is 4.35. The smallest absolute Gasteiger partial charge is 0.254 e.